The highest BCUT2D eigenvalue weighted by Crippen LogP contribution is 2.16. The molecule has 7 heteroatoms. The molecule has 1 amide bonds. The van der Waals surface area contributed by atoms with Gasteiger partial charge in [0.15, 0.2) is 5.82 Å². The van der Waals surface area contributed by atoms with Gasteiger partial charge in [0.2, 0.25) is 5.91 Å². The summed E-state index contributed by atoms with van der Waals surface area (Å²) in [6.45, 7) is 10.6. The normalized spacial score (nSPS) is 14.3. The number of rotatable bonds is 6. The van der Waals surface area contributed by atoms with E-state index in [0.717, 1.165) is 54.5 Å². The summed E-state index contributed by atoms with van der Waals surface area (Å²) >= 11 is 0. The Hall–Kier alpha value is -2.18. The summed E-state index contributed by atoms with van der Waals surface area (Å²) in [5.41, 5.74) is 3.06. The Bertz CT molecular complexity index is 773. The van der Waals surface area contributed by atoms with Gasteiger partial charge in [0.05, 0.1) is 18.7 Å². The Morgan fingerprint density at radius 1 is 1.19 bits per heavy atom. The molecule has 26 heavy (non-hydrogen) atoms. The number of nitrogens with one attached hydrogen (secondary N) is 1. The van der Waals surface area contributed by atoms with Crippen LogP contribution in [0.3, 0.4) is 0 Å². The summed E-state index contributed by atoms with van der Waals surface area (Å²) in [5, 5.41) is 16.2. The zero-order valence-electron chi connectivity index (χ0n) is 16.4. The molecule has 0 aliphatic carbocycles. The molecule has 7 nitrogen and oxygen atoms in total. The molecule has 2 aromatic rings. The van der Waals surface area contributed by atoms with Crippen molar-refractivity contribution in [2.24, 2.45) is 5.92 Å². The van der Waals surface area contributed by atoms with Gasteiger partial charge in [-0.2, -0.15) is 5.10 Å². The van der Waals surface area contributed by atoms with Crippen LogP contribution in [0.5, 0.6) is 0 Å². The number of hydrogen-bond donors (Lipinski definition) is 1. The van der Waals surface area contributed by atoms with Crippen LogP contribution in [0, 0.1) is 19.8 Å². The third-order valence-electron chi connectivity index (χ3n) is 5.04. The maximum atomic E-state index is 12.5. The molecule has 142 valence electrons. The Morgan fingerprint density at radius 3 is 2.77 bits per heavy atom. The summed E-state index contributed by atoms with van der Waals surface area (Å²) < 4.78 is 4.19. The van der Waals surface area contributed by atoms with E-state index in [1.165, 1.54) is 12.8 Å². The molecule has 0 aromatic carbocycles. The van der Waals surface area contributed by atoms with Crippen LogP contribution in [0.15, 0.2) is 0 Å². The van der Waals surface area contributed by atoms with Crippen molar-refractivity contribution >= 4 is 5.91 Å². The summed E-state index contributed by atoms with van der Waals surface area (Å²) in [6.07, 6.45) is 4.89. The van der Waals surface area contributed by atoms with Gasteiger partial charge in [0.1, 0.15) is 5.82 Å². The van der Waals surface area contributed by atoms with E-state index in [-0.39, 0.29) is 5.91 Å². The van der Waals surface area contributed by atoms with E-state index in [0.29, 0.717) is 18.9 Å². The molecule has 0 atom stereocenters. The Balaban J connectivity index is 1.62. The molecular formula is C19H30N6O. The predicted molar refractivity (Wildman–Crippen MR) is 99.7 cm³/mol. The van der Waals surface area contributed by atoms with Crippen molar-refractivity contribution < 1.29 is 4.79 Å². The maximum absolute atomic E-state index is 12.5. The second-order valence-corrected chi connectivity index (χ2v) is 7.67. The van der Waals surface area contributed by atoms with Gasteiger partial charge in [-0.1, -0.05) is 20.3 Å². The lowest BCUT2D eigenvalue weighted by atomic mass is 10.1. The molecule has 3 heterocycles. The average molecular weight is 358 g/mol. The van der Waals surface area contributed by atoms with E-state index < -0.39 is 0 Å². The predicted octanol–water partition coefficient (Wildman–Crippen LogP) is 2.33. The van der Waals surface area contributed by atoms with Crippen LogP contribution in [0.1, 0.15) is 61.7 Å². The SMILES string of the molecule is Cc1nn(CC(C)C)c(C)c1CC(=O)NCc1nnc2n1CCCCC2. The van der Waals surface area contributed by atoms with Gasteiger partial charge >= 0.3 is 0 Å². The molecule has 2 aromatic heterocycles. The van der Waals surface area contributed by atoms with Crippen molar-refractivity contribution in [1.29, 1.82) is 0 Å². The lowest BCUT2D eigenvalue weighted by Gasteiger charge is -2.09. The van der Waals surface area contributed by atoms with E-state index in [1.54, 1.807) is 0 Å². The molecule has 0 spiro atoms. The first-order valence-corrected chi connectivity index (χ1v) is 9.66. The first kappa shape index (κ1) is 18.6. The summed E-state index contributed by atoms with van der Waals surface area (Å²) in [4.78, 5) is 12.5. The van der Waals surface area contributed by atoms with Crippen molar-refractivity contribution in [3.05, 3.63) is 28.6 Å². The van der Waals surface area contributed by atoms with E-state index in [2.05, 4.69) is 39.0 Å². The van der Waals surface area contributed by atoms with Crippen molar-refractivity contribution in [3.63, 3.8) is 0 Å². The largest absolute Gasteiger partial charge is 0.349 e. The number of carbonyl (C=O) groups excluding carboxylic acids is 1. The van der Waals surface area contributed by atoms with Crippen molar-refractivity contribution in [2.75, 3.05) is 0 Å². The Morgan fingerprint density at radius 2 is 2.00 bits per heavy atom. The minimum absolute atomic E-state index is 0.00580. The first-order valence-electron chi connectivity index (χ1n) is 9.66. The van der Waals surface area contributed by atoms with Gasteiger partial charge in [0, 0.05) is 30.8 Å². The fraction of sp³-hybridized carbons (Fsp3) is 0.684. The molecule has 1 aliphatic rings. The number of nitrogens with zero attached hydrogens (tertiary/aromatic N) is 5. The van der Waals surface area contributed by atoms with Crippen LogP contribution in [0.2, 0.25) is 0 Å². The zero-order chi connectivity index (χ0) is 18.7. The average Bonchev–Trinajstić information content (AvgIpc) is 2.96. The van der Waals surface area contributed by atoms with Gasteiger partial charge in [-0.05, 0) is 32.6 Å². The second kappa shape index (κ2) is 8.01. The van der Waals surface area contributed by atoms with Gasteiger partial charge in [-0.25, -0.2) is 0 Å². The van der Waals surface area contributed by atoms with Crippen molar-refractivity contribution in [1.82, 2.24) is 29.9 Å². The fourth-order valence-corrected chi connectivity index (χ4v) is 3.59. The minimum atomic E-state index is 0.00580. The zero-order valence-corrected chi connectivity index (χ0v) is 16.4. The van der Waals surface area contributed by atoms with E-state index >= 15 is 0 Å². The molecule has 0 radical (unpaired) electrons. The molecule has 1 N–H and O–H groups in total. The Kier molecular flexibility index (Phi) is 5.74. The van der Waals surface area contributed by atoms with Crippen LogP contribution < -0.4 is 5.32 Å². The van der Waals surface area contributed by atoms with E-state index in [9.17, 15) is 4.79 Å². The minimum Gasteiger partial charge on any atom is -0.349 e. The standard InChI is InChI=1S/C19H30N6O/c1-13(2)12-25-15(4)16(14(3)23-25)10-19(26)20-11-18-22-21-17-8-6-5-7-9-24(17)18/h13H,5-12H2,1-4H3,(H,20,26). The van der Waals surface area contributed by atoms with E-state index in [1.807, 2.05) is 18.5 Å². The van der Waals surface area contributed by atoms with Crippen LogP contribution in [0.4, 0.5) is 0 Å². The van der Waals surface area contributed by atoms with Gasteiger partial charge in [-0.15, -0.1) is 10.2 Å². The number of fused-ring (bicyclic) bond motifs is 1. The maximum Gasteiger partial charge on any atom is 0.224 e. The summed E-state index contributed by atoms with van der Waals surface area (Å²) in [7, 11) is 0. The van der Waals surface area contributed by atoms with Gasteiger partial charge in [0.25, 0.3) is 0 Å². The molecule has 1 aliphatic heterocycles. The number of aromatic nitrogens is 5. The summed E-state index contributed by atoms with van der Waals surface area (Å²) in [5.74, 6) is 2.44. The molecule has 3 rings (SSSR count). The quantitative estimate of drug-likeness (QED) is 0.860. The fourth-order valence-electron chi connectivity index (χ4n) is 3.59. The lowest BCUT2D eigenvalue weighted by Crippen LogP contribution is -2.27. The molecule has 0 unspecified atom stereocenters. The number of carbonyl (C=O) groups is 1. The highest BCUT2D eigenvalue weighted by molar-refractivity contribution is 5.79. The molecule has 0 saturated heterocycles. The topological polar surface area (TPSA) is 77.6 Å². The smallest absolute Gasteiger partial charge is 0.224 e. The van der Waals surface area contributed by atoms with Crippen LogP contribution >= 0.6 is 0 Å². The van der Waals surface area contributed by atoms with Crippen LogP contribution in [-0.4, -0.2) is 30.5 Å². The monoisotopic (exact) mass is 358 g/mol. The van der Waals surface area contributed by atoms with E-state index in [4.69, 9.17) is 0 Å². The highest BCUT2D eigenvalue weighted by Gasteiger charge is 2.18. The van der Waals surface area contributed by atoms with Gasteiger partial charge in [-0.3, -0.25) is 9.48 Å². The number of amides is 1. The van der Waals surface area contributed by atoms with Crippen molar-refractivity contribution in [3.8, 4) is 0 Å². The van der Waals surface area contributed by atoms with Gasteiger partial charge < -0.3 is 9.88 Å². The Labute approximate surface area is 155 Å². The highest BCUT2D eigenvalue weighted by atomic mass is 16.1. The van der Waals surface area contributed by atoms with Crippen molar-refractivity contribution in [2.45, 2.75) is 79.4 Å². The first-order chi connectivity index (χ1) is 12.5. The van der Waals surface area contributed by atoms with Crippen LogP contribution in [0.25, 0.3) is 0 Å². The third kappa shape index (κ3) is 4.14. The molecular weight excluding hydrogens is 328 g/mol. The third-order valence-corrected chi connectivity index (χ3v) is 5.04. The summed E-state index contributed by atoms with van der Waals surface area (Å²) in [6, 6.07) is 0. The molecule has 0 bridgehead atoms. The molecule has 0 saturated carbocycles. The number of hydrogen-bond acceptors (Lipinski definition) is 4. The van der Waals surface area contributed by atoms with Crippen LogP contribution in [-0.2, 0) is 37.3 Å². The lowest BCUT2D eigenvalue weighted by molar-refractivity contribution is -0.120. The second-order valence-electron chi connectivity index (χ2n) is 7.67. The molecule has 0 fully saturated rings. The number of aryl methyl sites for hydroxylation is 2.